The van der Waals surface area contributed by atoms with E-state index >= 15 is 0 Å². The van der Waals surface area contributed by atoms with Crippen molar-refractivity contribution in [2.75, 3.05) is 19.8 Å². The van der Waals surface area contributed by atoms with Gasteiger partial charge in [0.1, 0.15) is 42.7 Å². The first-order valence-corrected chi connectivity index (χ1v) is 20.5. The number of aliphatic hydroxyl groups excluding tert-OH is 8. The number of rotatable bonds is 6. The molecule has 54 heavy (non-hydrogen) atoms. The van der Waals surface area contributed by atoms with Crippen LogP contribution in [-0.2, 0) is 23.7 Å². The summed E-state index contributed by atoms with van der Waals surface area (Å²) in [6, 6.07) is 0. The van der Waals surface area contributed by atoms with Gasteiger partial charge < -0.3 is 59.8 Å². The molecule has 7 rings (SSSR count). The maximum Gasteiger partial charge on any atom is 0.315 e. The third kappa shape index (κ3) is 5.76. The molecule has 0 radical (unpaired) electrons. The van der Waals surface area contributed by atoms with E-state index in [1.54, 1.807) is 0 Å². The van der Waals surface area contributed by atoms with Crippen LogP contribution in [0.2, 0.25) is 0 Å². The summed E-state index contributed by atoms with van der Waals surface area (Å²) in [5, 5.41) is 83.5. The van der Waals surface area contributed by atoms with Gasteiger partial charge >= 0.3 is 5.97 Å². The molecule has 308 valence electrons. The molecule has 8 N–H and O–H groups in total. The summed E-state index contributed by atoms with van der Waals surface area (Å²) in [5.74, 6) is 0.341. The number of carbonyl (C=O) groups excluding carboxylic acids is 1. The molecule has 5 aliphatic carbocycles. The van der Waals surface area contributed by atoms with Crippen molar-refractivity contribution in [1.82, 2.24) is 0 Å². The lowest BCUT2D eigenvalue weighted by atomic mass is 9.33. The molecule has 7 aliphatic rings. The van der Waals surface area contributed by atoms with Gasteiger partial charge in [0.15, 0.2) is 6.29 Å². The second-order valence-corrected chi connectivity index (χ2v) is 19.5. The van der Waals surface area contributed by atoms with Gasteiger partial charge in [0.05, 0.1) is 31.3 Å². The fourth-order valence-corrected chi connectivity index (χ4v) is 13.5. The lowest BCUT2D eigenvalue weighted by Crippen LogP contribution is -2.67. The van der Waals surface area contributed by atoms with Crippen molar-refractivity contribution in [3.8, 4) is 0 Å². The summed E-state index contributed by atoms with van der Waals surface area (Å²) >= 11 is 0. The zero-order valence-corrected chi connectivity index (χ0v) is 32.8. The van der Waals surface area contributed by atoms with E-state index in [0.717, 1.165) is 38.5 Å². The number of allylic oxidation sites excluding steroid dienone is 2. The summed E-state index contributed by atoms with van der Waals surface area (Å²) in [5.41, 5.74) is -0.701. The minimum absolute atomic E-state index is 0.103. The van der Waals surface area contributed by atoms with E-state index in [1.165, 1.54) is 5.57 Å². The molecule has 4 saturated carbocycles. The Morgan fingerprint density at radius 2 is 1.52 bits per heavy atom. The van der Waals surface area contributed by atoms with Crippen LogP contribution in [0, 0.1) is 56.7 Å². The molecule has 0 aromatic rings. The summed E-state index contributed by atoms with van der Waals surface area (Å²) < 4.78 is 23.7. The van der Waals surface area contributed by atoms with Gasteiger partial charge in [-0.1, -0.05) is 53.2 Å². The number of hydrogen-bond donors (Lipinski definition) is 8. The number of esters is 1. The molecule has 0 unspecified atom stereocenters. The van der Waals surface area contributed by atoms with Crippen LogP contribution in [0.15, 0.2) is 11.6 Å². The number of aliphatic hydroxyl groups is 8. The van der Waals surface area contributed by atoms with Gasteiger partial charge in [-0.05, 0) is 104 Å². The highest BCUT2D eigenvalue weighted by atomic mass is 16.7. The van der Waals surface area contributed by atoms with Crippen LogP contribution in [0.5, 0.6) is 0 Å². The maximum atomic E-state index is 14.6. The molecule has 0 aromatic heterocycles. The number of ether oxygens (including phenoxy) is 4. The SMILES string of the molecule is C[C@H]1[C@H](C)CC[C@]2(C(=O)O[C@@H]3O[C@H](CO)[C@@H](O)[C@H](O)[C@H]3O)CC[C@]3(C)C(=CC[C@@H]4[C@@]5(C)CC[C@H](O[C@@H]6OC[C@H](O)[C@H](O)[C@H]6O)[C@@](C)(CO)[C@@H]5CC[C@]43C)[C@H]12. The molecule has 0 spiro atoms. The fraction of sp³-hybridized carbons (Fsp3) is 0.927. The van der Waals surface area contributed by atoms with Crippen LogP contribution in [0.25, 0.3) is 0 Å². The van der Waals surface area contributed by atoms with Gasteiger partial charge in [0, 0.05) is 5.41 Å². The molecule has 2 aliphatic heterocycles. The average Bonchev–Trinajstić information content (AvgIpc) is 3.14. The molecule has 6 fully saturated rings. The highest BCUT2D eigenvalue weighted by Gasteiger charge is 2.70. The molecular weight excluding hydrogens is 700 g/mol. The first-order chi connectivity index (χ1) is 25.3. The minimum atomic E-state index is -1.66. The van der Waals surface area contributed by atoms with Crippen molar-refractivity contribution < 1.29 is 64.6 Å². The molecule has 0 amide bonds. The van der Waals surface area contributed by atoms with Gasteiger partial charge in [0.2, 0.25) is 6.29 Å². The molecule has 13 heteroatoms. The Labute approximate surface area is 319 Å². The van der Waals surface area contributed by atoms with Gasteiger partial charge in [-0.2, -0.15) is 0 Å². The van der Waals surface area contributed by atoms with Gasteiger partial charge in [-0.25, -0.2) is 0 Å². The largest absolute Gasteiger partial charge is 0.432 e. The highest BCUT2D eigenvalue weighted by molar-refractivity contribution is 5.79. The molecule has 2 saturated heterocycles. The summed E-state index contributed by atoms with van der Waals surface area (Å²) in [4.78, 5) is 14.6. The van der Waals surface area contributed by atoms with Crippen molar-refractivity contribution in [2.45, 2.75) is 161 Å². The molecule has 0 aromatic carbocycles. The van der Waals surface area contributed by atoms with E-state index in [1.807, 2.05) is 0 Å². The van der Waals surface area contributed by atoms with E-state index in [9.17, 15) is 45.6 Å². The fourth-order valence-electron chi connectivity index (χ4n) is 13.5. The van der Waals surface area contributed by atoms with Crippen LogP contribution < -0.4 is 0 Å². The van der Waals surface area contributed by atoms with E-state index < -0.39 is 84.8 Å². The molecule has 0 bridgehead atoms. The van der Waals surface area contributed by atoms with Gasteiger partial charge in [-0.15, -0.1) is 0 Å². The smallest absolute Gasteiger partial charge is 0.315 e. The van der Waals surface area contributed by atoms with Crippen molar-refractivity contribution >= 4 is 5.97 Å². The zero-order chi connectivity index (χ0) is 39.3. The number of hydrogen-bond acceptors (Lipinski definition) is 13. The first-order valence-electron chi connectivity index (χ1n) is 20.5. The predicted octanol–water partition coefficient (Wildman–Crippen LogP) is 1.78. The van der Waals surface area contributed by atoms with E-state index in [2.05, 4.69) is 47.6 Å². The standard InChI is InChI=1S/C41H66O13/c1-20-9-14-41(36(50)54-35-33(49)31(47)30(46)24(17-42)52-35)16-15-39(5)22(28(41)21(20)2)7-8-26-37(3)12-11-27(53-34-32(48)29(45)23(44)18-51-34)38(4,19-43)25(37)10-13-40(26,39)6/h7,20-21,23-35,42-49H,8-19H2,1-6H3/t20-,21+,23+,24-,25-,26-,27+,28+,29+,30-,31+,32-,33-,34+,35+,37+,38+,39-,40-,41+/m1/s1. The molecule has 2 heterocycles. The summed E-state index contributed by atoms with van der Waals surface area (Å²) in [6.07, 6.45) is -3.71. The second kappa shape index (κ2) is 14.2. The third-order valence-electron chi connectivity index (χ3n) is 17.3. The van der Waals surface area contributed by atoms with Crippen molar-refractivity contribution in [1.29, 1.82) is 0 Å². The van der Waals surface area contributed by atoms with Gasteiger partial charge in [-0.3, -0.25) is 4.79 Å². The van der Waals surface area contributed by atoms with Crippen LogP contribution in [0.3, 0.4) is 0 Å². The third-order valence-corrected chi connectivity index (χ3v) is 17.3. The molecule has 20 atom stereocenters. The lowest BCUT2D eigenvalue weighted by molar-refractivity contribution is -0.312. The predicted molar refractivity (Wildman–Crippen MR) is 193 cm³/mol. The monoisotopic (exact) mass is 766 g/mol. The maximum absolute atomic E-state index is 14.6. The Morgan fingerprint density at radius 3 is 2.20 bits per heavy atom. The molecule has 13 nitrogen and oxygen atoms in total. The Morgan fingerprint density at radius 1 is 0.815 bits per heavy atom. The van der Waals surface area contributed by atoms with Crippen LogP contribution >= 0.6 is 0 Å². The van der Waals surface area contributed by atoms with Crippen LogP contribution in [-0.4, -0.2) is 128 Å². The number of fused-ring (bicyclic) bond motifs is 7. The Balaban J connectivity index is 1.18. The van der Waals surface area contributed by atoms with Gasteiger partial charge in [0.25, 0.3) is 0 Å². The second-order valence-electron chi connectivity index (χ2n) is 19.5. The van der Waals surface area contributed by atoms with Crippen molar-refractivity contribution in [3.05, 3.63) is 11.6 Å². The number of carbonyl (C=O) groups is 1. The Kier molecular flexibility index (Phi) is 10.8. The van der Waals surface area contributed by atoms with E-state index in [0.29, 0.717) is 25.2 Å². The van der Waals surface area contributed by atoms with Crippen molar-refractivity contribution in [2.24, 2.45) is 56.7 Å². The van der Waals surface area contributed by atoms with Crippen LogP contribution in [0.1, 0.15) is 99.3 Å². The average molecular weight is 767 g/mol. The normalized spacial score (nSPS) is 56.0. The Hall–Kier alpha value is -1.23. The topological polar surface area (TPSA) is 216 Å². The van der Waals surface area contributed by atoms with E-state index in [4.69, 9.17) is 18.9 Å². The van der Waals surface area contributed by atoms with Crippen molar-refractivity contribution in [3.63, 3.8) is 0 Å². The summed E-state index contributed by atoms with van der Waals surface area (Å²) in [6.45, 7) is 12.9. The van der Waals surface area contributed by atoms with E-state index in [-0.39, 0.29) is 53.1 Å². The zero-order valence-electron chi connectivity index (χ0n) is 32.8. The quantitative estimate of drug-likeness (QED) is 0.110. The molecular formula is C41H66O13. The van der Waals surface area contributed by atoms with Crippen LogP contribution in [0.4, 0.5) is 0 Å². The lowest BCUT2D eigenvalue weighted by Gasteiger charge is -2.71. The minimum Gasteiger partial charge on any atom is -0.432 e. The summed E-state index contributed by atoms with van der Waals surface area (Å²) in [7, 11) is 0. The first kappa shape index (κ1) is 40.9. The highest BCUT2D eigenvalue weighted by Crippen LogP contribution is 2.76. The Bertz CT molecular complexity index is 1440.